The SMILES string of the molecule is COc1ccc(OC)c(-c2ccc(O)c3c2CC2CC4CC(=O)C(C(C)=O)=C(O)C4(O)C(=O)C2=C3O)c1. The van der Waals surface area contributed by atoms with E-state index in [0.29, 0.717) is 28.2 Å². The molecule has 9 heteroatoms. The van der Waals surface area contributed by atoms with Crippen LogP contribution in [0.15, 0.2) is 47.2 Å². The molecule has 0 aromatic heterocycles. The minimum atomic E-state index is -2.52. The molecule has 1 saturated carbocycles. The second-order valence-electron chi connectivity index (χ2n) is 9.65. The number of phenolic OH excluding ortho intramolecular Hbond substituents is 1. The molecular formula is C28H26O9. The molecule has 0 radical (unpaired) electrons. The molecule has 1 fully saturated rings. The Morgan fingerprint density at radius 3 is 2.38 bits per heavy atom. The van der Waals surface area contributed by atoms with Crippen LogP contribution in [0.4, 0.5) is 0 Å². The highest BCUT2D eigenvalue weighted by atomic mass is 16.5. The van der Waals surface area contributed by atoms with E-state index in [2.05, 4.69) is 0 Å². The molecule has 3 aliphatic rings. The van der Waals surface area contributed by atoms with Crippen LogP contribution < -0.4 is 9.47 Å². The lowest BCUT2D eigenvalue weighted by Gasteiger charge is -2.46. The number of hydrogen-bond acceptors (Lipinski definition) is 9. The molecule has 2 aromatic carbocycles. The first-order chi connectivity index (χ1) is 17.5. The smallest absolute Gasteiger partial charge is 0.202 e. The molecule has 0 amide bonds. The van der Waals surface area contributed by atoms with Crippen LogP contribution >= 0.6 is 0 Å². The molecule has 0 saturated heterocycles. The summed E-state index contributed by atoms with van der Waals surface area (Å²) >= 11 is 0. The molecule has 37 heavy (non-hydrogen) atoms. The van der Waals surface area contributed by atoms with E-state index in [0.717, 1.165) is 6.92 Å². The molecule has 0 bridgehead atoms. The summed E-state index contributed by atoms with van der Waals surface area (Å²) in [5.74, 6) is -4.64. The van der Waals surface area contributed by atoms with E-state index in [1.807, 2.05) is 0 Å². The molecule has 2 aromatic rings. The third-order valence-electron chi connectivity index (χ3n) is 7.75. The molecule has 3 aliphatic carbocycles. The lowest BCUT2D eigenvalue weighted by Crippen LogP contribution is -2.57. The number of benzene rings is 2. The van der Waals surface area contributed by atoms with Gasteiger partial charge in [0.15, 0.2) is 17.2 Å². The van der Waals surface area contributed by atoms with Crippen molar-refractivity contribution >= 4 is 23.1 Å². The Morgan fingerprint density at radius 2 is 1.73 bits per heavy atom. The van der Waals surface area contributed by atoms with Gasteiger partial charge in [-0.1, -0.05) is 6.07 Å². The number of methoxy groups -OCH3 is 2. The summed E-state index contributed by atoms with van der Waals surface area (Å²) in [7, 11) is 3.05. The Hall–Kier alpha value is -4.11. The van der Waals surface area contributed by atoms with Crippen molar-refractivity contribution in [1.29, 1.82) is 0 Å². The van der Waals surface area contributed by atoms with Crippen LogP contribution in [0.1, 0.15) is 30.9 Å². The lowest BCUT2D eigenvalue weighted by molar-refractivity contribution is -0.147. The topological polar surface area (TPSA) is 151 Å². The molecule has 5 rings (SSSR count). The van der Waals surface area contributed by atoms with Gasteiger partial charge >= 0.3 is 0 Å². The maximum absolute atomic E-state index is 13.7. The van der Waals surface area contributed by atoms with Crippen molar-refractivity contribution in [3.63, 3.8) is 0 Å². The maximum Gasteiger partial charge on any atom is 0.202 e. The Labute approximate surface area is 212 Å². The number of aromatic hydroxyl groups is 1. The minimum Gasteiger partial charge on any atom is -0.508 e. The number of allylic oxidation sites excluding steroid dienone is 1. The van der Waals surface area contributed by atoms with Gasteiger partial charge < -0.3 is 29.9 Å². The summed E-state index contributed by atoms with van der Waals surface area (Å²) in [6.07, 6.45) is -0.00298. The van der Waals surface area contributed by atoms with Gasteiger partial charge in [0.1, 0.15) is 34.3 Å². The van der Waals surface area contributed by atoms with Gasteiger partial charge in [-0.3, -0.25) is 14.4 Å². The predicted molar refractivity (Wildman–Crippen MR) is 131 cm³/mol. The van der Waals surface area contributed by atoms with Crippen molar-refractivity contribution in [2.24, 2.45) is 11.8 Å². The van der Waals surface area contributed by atoms with Gasteiger partial charge in [0, 0.05) is 23.5 Å². The highest BCUT2D eigenvalue weighted by Crippen LogP contribution is 2.53. The molecule has 0 aliphatic heterocycles. The number of fused-ring (bicyclic) bond motifs is 3. The number of aliphatic hydroxyl groups excluding tert-OH is 2. The van der Waals surface area contributed by atoms with Crippen molar-refractivity contribution in [2.45, 2.75) is 31.8 Å². The molecule has 3 atom stereocenters. The third kappa shape index (κ3) is 3.37. The van der Waals surface area contributed by atoms with E-state index in [4.69, 9.17) is 9.47 Å². The normalized spacial score (nSPS) is 24.9. The first-order valence-electron chi connectivity index (χ1n) is 11.8. The monoisotopic (exact) mass is 506 g/mol. The summed E-state index contributed by atoms with van der Waals surface area (Å²) in [6.45, 7) is 1.07. The predicted octanol–water partition coefficient (Wildman–Crippen LogP) is 3.21. The quantitative estimate of drug-likeness (QED) is 0.458. The Kier molecular flexibility index (Phi) is 5.64. The number of Topliss-reactive ketones (excluding diaryl/α,β-unsaturated/α-hetero) is 3. The van der Waals surface area contributed by atoms with Gasteiger partial charge in [0.2, 0.25) is 5.78 Å². The fourth-order valence-electron chi connectivity index (χ4n) is 6.01. The van der Waals surface area contributed by atoms with E-state index in [9.17, 15) is 34.8 Å². The first kappa shape index (κ1) is 24.6. The average Bonchev–Trinajstić information content (AvgIpc) is 2.85. The molecule has 192 valence electrons. The van der Waals surface area contributed by atoms with E-state index in [1.54, 1.807) is 24.3 Å². The summed E-state index contributed by atoms with van der Waals surface area (Å²) in [5, 5.41) is 44.2. The van der Waals surface area contributed by atoms with Crippen molar-refractivity contribution in [3.8, 4) is 28.4 Å². The van der Waals surface area contributed by atoms with Gasteiger partial charge in [-0.05, 0) is 61.1 Å². The van der Waals surface area contributed by atoms with Crippen LogP contribution in [0.3, 0.4) is 0 Å². The summed E-state index contributed by atoms with van der Waals surface area (Å²) in [5.41, 5.74) is -1.39. The van der Waals surface area contributed by atoms with Gasteiger partial charge in [0.05, 0.1) is 19.8 Å². The van der Waals surface area contributed by atoms with E-state index in [1.165, 1.54) is 20.3 Å². The number of carbonyl (C=O) groups is 3. The second kappa shape index (κ2) is 8.48. The van der Waals surface area contributed by atoms with Crippen molar-refractivity contribution in [3.05, 3.63) is 58.4 Å². The zero-order chi connectivity index (χ0) is 26.8. The van der Waals surface area contributed by atoms with Crippen LogP contribution in [0.2, 0.25) is 0 Å². The molecule has 0 heterocycles. The Morgan fingerprint density at radius 1 is 1.00 bits per heavy atom. The van der Waals surface area contributed by atoms with Crippen molar-refractivity contribution in [2.75, 3.05) is 14.2 Å². The second-order valence-corrected chi connectivity index (χ2v) is 9.65. The Balaban J connectivity index is 1.72. The van der Waals surface area contributed by atoms with Crippen LogP contribution in [0.5, 0.6) is 17.2 Å². The molecular weight excluding hydrogens is 480 g/mol. The van der Waals surface area contributed by atoms with Crippen LogP contribution in [0.25, 0.3) is 16.9 Å². The largest absolute Gasteiger partial charge is 0.508 e. The van der Waals surface area contributed by atoms with Crippen LogP contribution in [0, 0.1) is 11.8 Å². The average molecular weight is 507 g/mol. The molecule has 4 N–H and O–H groups in total. The van der Waals surface area contributed by atoms with E-state index < -0.39 is 51.9 Å². The fraction of sp³-hybridized carbons (Fsp3) is 0.321. The van der Waals surface area contributed by atoms with Crippen LogP contribution in [-0.2, 0) is 20.8 Å². The lowest BCUT2D eigenvalue weighted by atomic mass is 9.59. The van der Waals surface area contributed by atoms with Crippen LogP contribution in [-0.4, -0.2) is 57.6 Å². The van der Waals surface area contributed by atoms with Crippen molar-refractivity contribution in [1.82, 2.24) is 0 Å². The standard InChI is InChI=1S/C28H26O9/c1-12(29)22-20(31)10-14-8-13-9-18-16(17-11-15(36-2)4-7-21(17)37-3)5-6-19(30)24(18)25(32)23(13)27(34)28(14,35)26(22)33/h4-7,11,13-14,30,32-33,35H,8-10H2,1-3H3. The minimum absolute atomic E-state index is 0.0335. The number of phenols is 1. The highest BCUT2D eigenvalue weighted by molar-refractivity contribution is 6.23. The van der Waals surface area contributed by atoms with E-state index in [-0.39, 0.29) is 36.1 Å². The molecule has 0 spiro atoms. The Bertz CT molecular complexity index is 1450. The van der Waals surface area contributed by atoms with E-state index >= 15 is 0 Å². The van der Waals surface area contributed by atoms with Gasteiger partial charge in [-0.2, -0.15) is 0 Å². The zero-order valence-electron chi connectivity index (χ0n) is 20.5. The van der Waals surface area contributed by atoms with Crippen molar-refractivity contribution < 1.29 is 44.3 Å². The summed E-state index contributed by atoms with van der Waals surface area (Å²) < 4.78 is 10.9. The number of aliphatic hydroxyl groups is 3. The molecule has 3 unspecified atom stereocenters. The number of rotatable bonds is 4. The fourth-order valence-corrected chi connectivity index (χ4v) is 6.01. The van der Waals surface area contributed by atoms with Gasteiger partial charge in [-0.25, -0.2) is 0 Å². The van der Waals surface area contributed by atoms with Gasteiger partial charge in [-0.15, -0.1) is 0 Å². The summed E-state index contributed by atoms with van der Waals surface area (Å²) in [6, 6.07) is 8.30. The zero-order valence-corrected chi connectivity index (χ0v) is 20.5. The number of hydrogen-bond donors (Lipinski definition) is 4. The maximum atomic E-state index is 13.7. The van der Waals surface area contributed by atoms with Gasteiger partial charge in [0.25, 0.3) is 0 Å². The molecule has 9 nitrogen and oxygen atoms in total. The first-order valence-corrected chi connectivity index (χ1v) is 11.8. The number of ketones is 3. The summed E-state index contributed by atoms with van der Waals surface area (Å²) in [4.78, 5) is 38.3. The number of carbonyl (C=O) groups excluding carboxylic acids is 3. The number of ether oxygens (including phenoxy) is 2. The third-order valence-corrected chi connectivity index (χ3v) is 7.75. The highest BCUT2D eigenvalue weighted by Gasteiger charge is 2.60.